The van der Waals surface area contributed by atoms with Crippen LogP contribution in [-0.4, -0.2) is 26.0 Å². The molecule has 0 spiro atoms. The molecule has 1 aliphatic carbocycles. The molecule has 27 heavy (non-hydrogen) atoms. The highest BCUT2D eigenvalue weighted by molar-refractivity contribution is 5.46. The zero-order valence-corrected chi connectivity index (χ0v) is 16.8. The summed E-state index contributed by atoms with van der Waals surface area (Å²) in [7, 11) is 1.66. The van der Waals surface area contributed by atoms with Crippen LogP contribution in [0.25, 0.3) is 0 Å². The fourth-order valence-electron chi connectivity index (χ4n) is 5.34. The van der Waals surface area contributed by atoms with Crippen LogP contribution < -0.4 is 10.1 Å². The summed E-state index contributed by atoms with van der Waals surface area (Å²) in [6.07, 6.45) is 4.56. The maximum atomic E-state index is 5.73. The van der Waals surface area contributed by atoms with Gasteiger partial charge in [0.2, 0.25) is 0 Å². The van der Waals surface area contributed by atoms with Crippen molar-refractivity contribution < 1.29 is 9.47 Å². The normalized spacial score (nSPS) is 29.2. The van der Waals surface area contributed by atoms with Crippen molar-refractivity contribution in [3.8, 4) is 5.75 Å². The lowest BCUT2D eigenvalue weighted by atomic mass is 9.53. The lowest BCUT2D eigenvalue weighted by molar-refractivity contribution is 0.0489. The van der Waals surface area contributed by atoms with E-state index in [-0.39, 0.29) is 11.0 Å². The topological polar surface area (TPSA) is 30.5 Å². The second-order valence-corrected chi connectivity index (χ2v) is 8.50. The summed E-state index contributed by atoms with van der Waals surface area (Å²) in [4.78, 5) is 0. The Balaban J connectivity index is 1.64. The van der Waals surface area contributed by atoms with Crippen molar-refractivity contribution in [1.82, 2.24) is 5.32 Å². The maximum absolute atomic E-state index is 5.73. The van der Waals surface area contributed by atoms with Gasteiger partial charge < -0.3 is 14.8 Å². The molecule has 1 N–H and O–H groups in total. The fourth-order valence-corrected chi connectivity index (χ4v) is 5.34. The third kappa shape index (κ3) is 3.28. The number of rotatable bonds is 6. The van der Waals surface area contributed by atoms with Crippen LogP contribution in [0.3, 0.4) is 0 Å². The minimum Gasteiger partial charge on any atom is -0.468 e. The maximum Gasteiger partial charge on any atom is 0.188 e. The molecule has 0 radical (unpaired) electrons. The fraction of sp³-hybridized carbons (Fsp3) is 0.500. The zero-order chi connectivity index (χ0) is 18.9. The number of nitrogens with one attached hydrogen (secondary N) is 1. The van der Waals surface area contributed by atoms with Gasteiger partial charge in [0.15, 0.2) is 6.79 Å². The summed E-state index contributed by atoms with van der Waals surface area (Å²) in [5.74, 6) is 1.49. The minimum absolute atomic E-state index is 0.171. The number of fused-ring (bicyclic) bond motifs is 4. The van der Waals surface area contributed by atoms with E-state index in [0.29, 0.717) is 12.7 Å². The van der Waals surface area contributed by atoms with Crippen molar-refractivity contribution in [2.24, 2.45) is 5.92 Å². The molecule has 1 fully saturated rings. The summed E-state index contributed by atoms with van der Waals surface area (Å²) in [6, 6.07) is 17.5. The molecule has 2 aromatic rings. The molecule has 0 aromatic heterocycles. The third-order valence-electron chi connectivity index (χ3n) is 7.15. The second kappa shape index (κ2) is 7.29. The first-order valence-electron chi connectivity index (χ1n) is 10.1. The van der Waals surface area contributed by atoms with Gasteiger partial charge in [0, 0.05) is 12.6 Å². The van der Waals surface area contributed by atoms with Crippen LogP contribution in [0.15, 0.2) is 48.5 Å². The van der Waals surface area contributed by atoms with E-state index in [1.807, 2.05) is 0 Å². The summed E-state index contributed by atoms with van der Waals surface area (Å²) in [6.45, 7) is 6.28. The van der Waals surface area contributed by atoms with Crippen molar-refractivity contribution in [3.05, 3.63) is 65.2 Å². The molecule has 1 saturated heterocycles. The standard InChI is InChI=1S/C24H31NO2/c1-18-23(2)13-14-25-24(18,12-11-19-7-5-4-6-8-19)16-20-9-10-21(15-22(20)23)27-17-26-3/h4-10,15,18,25H,11-14,16-17H2,1-3H3. The first-order chi connectivity index (χ1) is 13.1. The molecule has 1 aliphatic heterocycles. The van der Waals surface area contributed by atoms with Crippen molar-refractivity contribution in [2.75, 3.05) is 20.4 Å². The molecule has 2 bridgehead atoms. The van der Waals surface area contributed by atoms with Crippen LogP contribution >= 0.6 is 0 Å². The molecule has 3 atom stereocenters. The van der Waals surface area contributed by atoms with E-state index in [1.165, 1.54) is 29.5 Å². The highest BCUT2D eigenvalue weighted by atomic mass is 16.7. The number of benzene rings is 2. The van der Waals surface area contributed by atoms with Gasteiger partial charge in [-0.05, 0) is 72.4 Å². The Bertz CT molecular complexity index is 790. The average molecular weight is 366 g/mol. The van der Waals surface area contributed by atoms with Gasteiger partial charge in [-0.25, -0.2) is 0 Å². The number of hydrogen-bond acceptors (Lipinski definition) is 3. The van der Waals surface area contributed by atoms with Crippen LogP contribution in [0, 0.1) is 5.92 Å². The molecule has 3 unspecified atom stereocenters. The van der Waals surface area contributed by atoms with Gasteiger partial charge in [-0.1, -0.05) is 50.2 Å². The number of methoxy groups -OCH3 is 1. The monoisotopic (exact) mass is 365 g/mol. The Hall–Kier alpha value is -1.84. The predicted molar refractivity (Wildman–Crippen MR) is 109 cm³/mol. The van der Waals surface area contributed by atoms with E-state index in [0.717, 1.165) is 25.1 Å². The highest BCUT2D eigenvalue weighted by Gasteiger charge is 2.53. The molecule has 2 aliphatic rings. The lowest BCUT2D eigenvalue weighted by Crippen LogP contribution is -2.65. The van der Waals surface area contributed by atoms with Gasteiger partial charge in [0.05, 0.1) is 0 Å². The van der Waals surface area contributed by atoms with Crippen molar-refractivity contribution in [3.63, 3.8) is 0 Å². The molecule has 2 aromatic carbocycles. The molecule has 1 heterocycles. The summed E-state index contributed by atoms with van der Waals surface area (Å²) in [5.41, 5.74) is 4.73. The van der Waals surface area contributed by atoms with Gasteiger partial charge in [0.1, 0.15) is 5.75 Å². The van der Waals surface area contributed by atoms with Gasteiger partial charge in [0.25, 0.3) is 0 Å². The molecular formula is C24H31NO2. The minimum atomic E-state index is 0.171. The Morgan fingerprint density at radius 1 is 1.15 bits per heavy atom. The smallest absolute Gasteiger partial charge is 0.188 e. The summed E-state index contributed by atoms with van der Waals surface area (Å²) in [5, 5.41) is 3.95. The van der Waals surface area contributed by atoms with Crippen molar-refractivity contribution >= 4 is 0 Å². The Labute approximate surface area is 163 Å². The first kappa shape index (κ1) is 18.5. The van der Waals surface area contributed by atoms with Crippen LogP contribution in [0.4, 0.5) is 0 Å². The Morgan fingerprint density at radius 3 is 2.74 bits per heavy atom. The quantitative estimate of drug-likeness (QED) is 0.766. The third-order valence-corrected chi connectivity index (χ3v) is 7.15. The van der Waals surface area contributed by atoms with Crippen molar-refractivity contribution in [1.29, 1.82) is 0 Å². The van der Waals surface area contributed by atoms with Gasteiger partial charge in [-0.3, -0.25) is 0 Å². The van der Waals surface area contributed by atoms with Crippen LogP contribution in [0.5, 0.6) is 5.75 Å². The molecule has 0 saturated carbocycles. The van der Waals surface area contributed by atoms with Crippen LogP contribution in [0.2, 0.25) is 0 Å². The molecule has 144 valence electrons. The SMILES string of the molecule is COCOc1ccc2c(c1)C1(C)CCNC(CCc3ccccc3)(C2)C1C. The number of piperidine rings is 1. The van der Waals surface area contributed by atoms with Gasteiger partial charge in [-0.15, -0.1) is 0 Å². The van der Waals surface area contributed by atoms with E-state index in [1.54, 1.807) is 7.11 Å². The predicted octanol–water partition coefficient (Wildman–Crippen LogP) is 4.48. The number of aryl methyl sites for hydroxylation is 1. The first-order valence-corrected chi connectivity index (χ1v) is 10.1. The van der Waals surface area contributed by atoms with E-state index in [2.05, 4.69) is 67.7 Å². The largest absolute Gasteiger partial charge is 0.468 e. The average Bonchev–Trinajstić information content (AvgIpc) is 2.69. The van der Waals surface area contributed by atoms with Crippen LogP contribution in [0.1, 0.15) is 43.4 Å². The Kier molecular flexibility index (Phi) is 5.00. The molecule has 0 amide bonds. The van der Waals surface area contributed by atoms with E-state index < -0.39 is 0 Å². The number of hydrogen-bond donors (Lipinski definition) is 1. The molecule has 3 nitrogen and oxygen atoms in total. The molecular weight excluding hydrogens is 334 g/mol. The second-order valence-electron chi connectivity index (χ2n) is 8.50. The summed E-state index contributed by atoms with van der Waals surface area (Å²) < 4.78 is 10.8. The zero-order valence-electron chi connectivity index (χ0n) is 16.8. The van der Waals surface area contributed by atoms with E-state index in [9.17, 15) is 0 Å². The Morgan fingerprint density at radius 2 is 1.96 bits per heavy atom. The van der Waals surface area contributed by atoms with Gasteiger partial charge >= 0.3 is 0 Å². The summed E-state index contributed by atoms with van der Waals surface area (Å²) >= 11 is 0. The van der Waals surface area contributed by atoms with Crippen LogP contribution in [-0.2, 0) is 23.0 Å². The molecule has 4 rings (SSSR count). The highest BCUT2D eigenvalue weighted by Crippen LogP contribution is 2.52. The lowest BCUT2D eigenvalue weighted by Gasteiger charge is -2.58. The van der Waals surface area contributed by atoms with E-state index in [4.69, 9.17) is 9.47 Å². The van der Waals surface area contributed by atoms with Gasteiger partial charge in [-0.2, -0.15) is 0 Å². The van der Waals surface area contributed by atoms with E-state index >= 15 is 0 Å². The van der Waals surface area contributed by atoms with Crippen molar-refractivity contribution in [2.45, 2.75) is 50.5 Å². The molecule has 3 heteroatoms. The number of ether oxygens (including phenoxy) is 2.